The van der Waals surface area contributed by atoms with Crippen LogP contribution in [0.25, 0.3) is 0 Å². The van der Waals surface area contributed by atoms with E-state index < -0.39 is 0 Å². The van der Waals surface area contributed by atoms with Crippen molar-refractivity contribution >= 4 is 28.7 Å². The summed E-state index contributed by atoms with van der Waals surface area (Å²) in [6, 6.07) is 11.8. The zero-order chi connectivity index (χ0) is 11.8. The van der Waals surface area contributed by atoms with E-state index in [4.69, 9.17) is 11.6 Å². The van der Waals surface area contributed by atoms with E-state index in [1.165, 1.54) is 22.5 Å². The number of fused-ring (bicyclic) bond motifs is 1. The molecule has 2 aromatic rings. The summed E-state index contributed by atoms with van der Waals surface area (Å²) >= 11 is 7.25. The van der Waals surface area contributed by atoms with Gasteiger partial charge in [-0.05, 0) is 36.1 Å². The number of halogens is 1. The Labute approximate surface area is 109 Å². The van der Waals surface area contributed by atoms with Crippen LogP contribution in [0.15, 0.2) is 36.4 Å². The summed E-state index contributed by atoms with van der Waals surface area (Å²) in [6.07, 6.45) is 1.93. The van der Waals surface area contributed by atoms with E-state index in [2.05, 4.69) is 12.1 Å². The zero-order valence-corrected chi connectivity index (χ0v) is 10.7. The first-order chi connectivity index (χ1) is 8.25. The highest BCUT2D eigenvalue weighted by Crippen LogP contribution is 2.37. The van der Waals surface area contributed by atoms with Crippen LogP contribution in [0.4, 0.5) is 0 Å². The standard InChI is InChI=1S/C14H11ClOS/c15-13-8-7-12(17-13)14(16)11-6-5-9-3-1-2-4-10(9)11/h1-4,7-8,11H,5-6H2. The predicted molar refractivity (Wildman–Crippen MR) is 71.2 cm³/mol. The van der Waals surface area contributed by atoms with Crippen molar-refractivity contribution in [3.63, 3.8) is 0 Å². The number of ketones is 1. The molecule has 1 atom stereocenters. The van der Waals surface area contributed by atoms with Crippen molar-refractivity contribution in [1.29, 1.82) is 0 Å². The summed E-state index contributed by atoms with van der Waals surface area (Å²) < 4.78 is 0.680. The fraction of sp³-hybridized carbons (Fsp3) is 0.214. The van der Waals surface area contributed by atoms with E-state index in [1.807, 2.05) is 18.2 Å². The van der Waals surface area contributed by atoms with Crippen molar-refractivity contribution in [2.75, 3.05) is 0 Å². The minimum atomic E-state index is 0.0286. The predicted octanol–water partition coefficient (Wildman–Crippen LogP) is 4.31. The largest absolute Gasteiger partial charge is 0.293 e. The number of hydrogen-bond acceptors (Lipinski definition) is 2. The average Bonchev–Trinajstić information content (AvgIpc) is 2.94. The lowest BCUT2D eigenvalue weighted by Crippen LogP contribution is -2.08. The molecule has 1 unspecified atom stereocenters. The van der Waals surface area contributed by atoms with Crippen LogP contribution in [0.2, 0.25) is 4.34 Å². The van der Waals surface area contributed by atoms with Crippen LogP contribution in [0.1, 0.15) is 33.1 Å². The highest BCUT2D eigenvalue weighted by atomic mass is 35.5. The summed E-state index contributed by atoms with van der Waals surface area (Å²) in [5.41, 5.74) is 2.51. The van der Waals surface area contributed by atoms with Crippen LogP contribution >= 0.6 is 22.9 Å². The zero-order valence-electron chi connectivity index (χ0n) is 9.15. The number of carbonyl (C=O) groups excluding carboxylic acids is 1. The van der Waals surface area contributed by atoms with Gasteiger partial charge in [0, 0.05) is 5.92 Å². The molecule has 0 saturated heterocycles. The van der Waals surface area contributed by atoms with Gasteiger partial charge in [-0.15, -0.1) is 11.3 Å². The number of carbonyl (C=O) groups is 1. The molecule has 0 radical (unpaired) electrons. The lowest BCUT2D eigenvalue weighted by molar-refractivity contribution is 0.0963. The van der Waals surface area contributed by atoms with E-state index in [1.54, 1.807) is 6.07 Å². The molecule has 1 aliphatic carbocycles. The Morgan fingerprint density at radius 3 is 2.82 bits per heavy atom. The van der Waals surface area contributed by atoms with Crippen LogP contribution in [-0.2, 0) is 6.42 Å². The third-order valence-corrected chi connectivity index (χ3v) is 4.51. The van der Waals surface area contributed by atoms with E-state index >= 15 is 0 Å². The van der Waals surface area contributed by atoms with Gasteiger partial charge in [-0.25, -0.2) is 0 Å². The Morgan fingerprint density at radius 2 is 2.06 bits per heavy atom. The second kappa shape index (κ2) is 4.28. The molecular formula is C14H11ClOS. The first kappa shape index (κ1) is 11.0. The Kier molecular flexibility index (Phi) is 2.77. The van der Waals surface area contributed by atoms with Gasteiger partial charge >= 0.3 is 0 Å². The lowest BCUT2D eigenvalue weighted by Gasteiger charge is -2.08. The van der Waals surface area contributed by atoms with Gasteiger partial charge in [0.1, 0.15) is 0 Å². The molecule has 0 spiro atoms. The molecule has 0 N–H and O–H groups in total. The third-order valence-electron chi connectivity index (χ3n) is 3.27. The number of benzene rings is 1. The maximum Gasteiger partial charge on any atom is 0.180 e. The molecule has 3 heteroatoms. The van der Waals surface area contributed by atoms with Gasteiger partial charge < -0.3 is 0 Å². The number of Topliss-reactive ketones (excluding diaryl/α,β-unsaturated/α-hetero) is 1. The van der Waals surface area contributed by atoms with E-state index in [0.717, 1.165) is 17.7 Å². The smallest absolute Gasteiger partial charge is 0.180 e. The fourth-order valence-electron chi connectivity index (χ4n) is 2.45. The first-order valence-electron chi connectivity index (χ1n) is 5.63. The third kappa shape index (κ3) is 1.92. The van der Waals surface area contributed by atoms with Gasteiger partial charge in [-0.2, -0.15) is 0 Å². The maximum absolute atomic E-state index is 12.4. The Hall–Kier alpha value is -1.12. The second-order valence-electron chi connectivity index (χ2n) is 4.26. The normalized spacial score (nSPS) is 18.1. The van der Waals surface area contributed by atoms with Gasteiger partial charge in [-0.3, -0.25) is 4.79 Å². The molecule has 1 nitrogen and oxygen atoms in total. The molecule has 0 bridgehead atoms. The minimum Gasteiger partial charge on any atom is -0.293 e. The molecule has 0 fully saturated rings. The van der Waals surface area contributed by atoms with Crippen LogP contribution in [0.3, 0.4) is 0 Å². The van der Waals surface area contributed by atoms with Crippen molar-refractivity contribution in [3.8, 4) is 0 Å². The quantitative estimate of drug-likeness (QED) is 0.737. The molecule has 17 heavy (non-hydrogen) atoms. The minimum absolute atomic E-state index is 0.0286. The van der Waals surface area contributed by atoms with Gasteiger partial charge in [0.05, 0.1) is 9.21 Å². The Bertz CT molecular complexity index is 573. The summed E-state index contributed by atoms with van der Waals surface area (Å²) in [6.45, 7) is 0. The van der Waals surface area contributed by atoms with Crippen molar-refractivity contribution in [3.05, 3.63) is 56.7 Å². The SMILES string of the molecule is O=C(c1ccc(Cl)s1)C1CCc2ccccc21. The van der Waals surface area contributed by atoms with Crippen LogP contribution in [0, 0.1) is 0 Å². The van der Waals surface area contributed by atoms with E-state index in [-0.39, 0.29) is 11.7 Å². The lowest BCUT2D eigenvalue weighted by atomic mass is 9.96. The van der Waals surface area contributed by atoms with E-state index in [0.29, 0.717) is 4.34 Å². The molecule has 1 aliphatic rings. The second-order valence-corrected chi connectivity index (χ2v) is 5.97. The first-order valence-corrected chi connectivity index (χ1v) is 6.82. The fourth-order valence-corrected chi connectivity index (χ4v) is 3.49. The molecule has 0 aliphatic heterocycles. The molecule has 86 valence electrons. The molecule has 0 saturated carbocycles. The van der Waals surface area contributed by atoms with Gasteiger partial charge in [0.25, 0.3) is 0 Å². The Balaban J connectivity index is 1.95. The maximum atomic E-state index is 12.4. The van der Waals surface area contributed by atoms with Crippen molar-refractivity contribution in [1.82, 2.24) is 0 Å². The number of thiophene rings is 1. The Morgan fingerprint density at radius 1 is 1.24 bits per heavy atom. The number of rotatable bonds is 2. The van der Waals surface area contributed by atoms with Crippen LogP contribution in [-0.4, -0.2) is 5.78 Å². The number of aryl methyl sites for hydroxylation is 1. The van der Waals surface area contributed by atoms with E-state index in [9.17, 15) is 4.79 Å². The number of hydrogen-bond donors (Lipinski definition) is 0. The molecule has 0 amide bonds. The summed E-state index contributed by atoms with van der Waals surface area (Å²) in [5.74, 6) is 0.243. The molecule has 1 aromatic carbocycles. The molecule has 3 rings (SSSR count). The molecule has 1 aromatic heterocycles. The van der Waals surface area contributed by atoms with Gasteiger partial charge in [0.2, 0.25) is 0 Å². The highest BCUT2D eigenvalue weighted by molar-refractivity contribution is 7.18. The summed E-state index contributed by atoms with van der Waals surface area (Å²) in [4.78, 5) is 13.1. The van der Waals surface area contributed by atoms with Crippen LogP contribution in [0.5, 0.6) is 0 Å². The van der Waals surface area contributed by atoms with Gasteiger partial charge in [-0.1, -0.05) is 35.9 Å². The monoisotopic (exact) mass is 262 g/mol. The summed E-state index contributed by atoms with van der Waals surface area (Å²) in [5, 5.41) is 0. The van der Waals surface area contributed by atoms with Crippen LogP contribution < -0.4 is 0 Å². The van der Waals surface area contributed by atoms with Crippen molar-refractivity contribution in [2.24, 2.45) is 0 Å². The van der Waals surface area contributed by atoms with Crippen molar-refractivity contribution in [2.45, 2.75) is 18.8 Å². The van der Waals surface area contributed by atoms with Gasteiger partial charge in [0.15, 0.2) is 5.78 Å². The highest BCUT2D eigenvalue weighted by Gasteiger charge is 2.29. The molecular weight excluding hydrogens is 252 g/mol. The average molecular weight is 263 g/mol. The summed E-state index contributed by atoms with van der Waals surface area (Å²) in [7, 11) is 0. The molecule has 1 heterocycles. The van der Waals surface area contributed by atoms with Crippen molar-refractivity contribution < 1.29 is 4.79 Å². The topological polar surface area (TPSA) is 17.1 Å².